The molecule has 1 N–H and O–H groups in total. The summed E-state index contributed by atoms with van der Waals surface area (Å²) in [6.45, 7) is 7.26. The average Bonchev–Trinajstić information content (AvgIpc) is 2.99. The molecule has 1 aliphatic heterocycles. The maximum Gasteiger partial charge on any atom is 0.327 e. The monoisotopic (exact) mass is 328 g/mol. The molecule has 1 saturated heterocycles. The maximum absolute atomic E-state index is 12.4. The Balaban J connectivity index is 1.80. The number of hydrogen-bond donors (Lipinski definition) is 1. The fourth-order valence-electron chi connectivity index (χ4n) is 3.43. The van der Waals surface area contributed by atoms with Crippen LogP contribution in [0.25, 0.3) is 11.0 Å². The number of carbonyl (C=O) groups excluding carboxylic acids is 1. The van der Waals surface area contributed by atoms with E-state index in [0.29, 0.717) is 18.4 Å². The highest BCUT2D eigenvalue weighted by Crippen LogP contribution is 2.32. The fraction of sp³-hybridized carbons (Fsp3) is 0.579. The molecule has 2 aromatic rings. The number of nitrogens with one attached hydrogen (secondary N) is 1. The minimum atomic E-state index is -0.0846. The highest BCUT2D eigenvalue weighted by atomic mass is 16.2. The molecule has 0 aliphatic carbocycles. The van der Waals surface area contributed by atoms with Crippen molar-refractivity contribution in [3.63, 3.8) is 0 Å². The van der Waals surface area contributed by atoms with Gasteiger partial charge in [0.2, 0.25) is 0 Å². The Morgan fingerprint density at radius 2 is 2.08 bits per heavy atom. The van der Waals surface area contributed by atoms with Crippen LogP contribution in [0.5, 0.6) is 0 Å². The van der Waals surface area contributed by atoms with Gasteiger partial charge in [0.25, 0.3) is 0 Å². The van der Waals surface area contributed by atoms with E-state index < -0.39 is 0 Å². The molecule has 1 aromatic heterocycles. The van der Waals surface area contributed by atoms with E-state index >= 15 is 0 Å². The standard InChI is InChI=1S/C19H28N4O/c1-14(2)7-10-20-19(24)23-13-21-18-16(5-4-6-17(18)23)15-8-11-22(3)12-9-15/h4-6,13-15H,7-12H2,1-3H3,(H,20,24). The molecule has 5 heteroatoms. The summed E-state index contributed by atoms with van der Waals surface area (Å²) in [6, 6.07) is 6.13. The predicted molar refractivity (Wildman–Crippen MR) is 97.5 cm³/mol. The summed E-state index contributed by atoms with van der Waals surface area (Å²) in [5.41, 5.74) is 3.17. The molecule has 1 fully saturated rings. The largest absolute Gasteiger partial charge is 0.337 e. The van der Waals surface area contributed by atoms with Crippen LogP contribution < -0.4 is 5.32 Å². The van der Waals surface area contributed by atoms with Crippen LogP contribution in [-0.2, 0) is 0 Å². The number of fused-ring (bicyclic) bond motifs is 1. The number of piperidine rings is 1. The van der Waals surface area contributed by atoms with Crippen LogP contribution in [0.2, 0.25) is 0 Å². The van der Waals surface area contributed by atoms with Crippen LogP contribution in [0.4, 0.5) is 4.79 Å². The third-order valence-corrected chi connectivity index (χ3v) is 4.98. The first-order valence-corrected chi connectivity index (χ1v) is 8.99. The zero-order valence-corrected chi connectivity index (χ0v) is 15.0. The molecule has 130 valence electrons. The van der Waals surface area contributed by atoms with Gasteiger partial charge in [-0.2, -0.15) is 0 Å². The van der Waals surface area contributed by atoms with Gasteiger partial charge in [0, 0.05) is 6.54 Å². The van der Waals surface area contributed by atoms with Gasteiger partial charge in [-0.1, -0.05) is 26.0 Å². The summed E-state index contributed by atoms with van der Waals surface area (Å²) in [5, 5.41) is 2.99. The molecule has 1 aromatic carbocycles. The van der Waals surface area contributed by atoms with E-state index in [0.717, 1.165) is 43.4 Å². The van der Waals surface area contributed by atoms with Crippen molar-refractivity contribution < 1.29 is 4.79 Å². The van der Waals surface area contributed by atoms with Gasteiger partial charge in [-0.25, -0.2) is 9.78 Å². The smallest absolute Gasteiger partial charge is 0.327 e. The Labute approximate surface area is 144 Å². The number of imidazole rings is 1. The van der Waals surface area contributed by atoms with Gasteiger partial charge in [-0.15, -0.1) is 0 Å². The summed E-state index contributed by atoms with van der Waals surface area (Å²) < 4.78 is 1.65. The minimum Gasteiger partial charge on any atom is -0.337 e. The Hall–Kier alpha value is -1.88. The molecule has 5 nitrogen and oxygen atoms in total. The van der Waals surface area contributed by atoms with Crippen molar-refractivity contribution >= 4 is 17.1 Å². The van der Waals surface area contributed by atoms with Crippen LogP contribution >= 0.6 is 0 Å². The van der Waals surface area contributed by atoms with Gasteiger partial charge in [0.05, 0.1) is 11.0 Å². The summed E-state index contributed by atoms with van der Waals surface area (Å²) in [5.74, 6) is 1.12. The lowest BCUT2D eigenvalue weighted by atomic mass is 9.89. The molecule has 0 spiro atoms. The van der Waals surface area contributed by atoms with E-state index in [2.05, 4.69) is 48.2 Å². The van der Waals surface area contributed by atoms with Crippen LogP contribution in [0, 0.1) is 5.92 Å². The zero-order chi connectivity index (χ0) is 17.1. The predicted octanol–water partition coefficient (Wildman–Crippen LogP) is 3.45. The summed E-state index contributed by atoms with van der Waals surface area (Å²) >= 11 is 0. The molecular weight excluding hydrogens is 300 g/mol. The number of para-hydroxylation sites is 1. The molecule has 2 heterocycles. The first-order chi connectivity index (χ1) is 11.6. The first-order valence-electron chi connectivity index (χ1n) is 8.99. The van der Waals surface area contributed by atoms with Crippen LogP contribution in [-0.4, -0.2) is 47.2 Å². The van der Waals surface area contributed by atoms with Crippen molar-refractivity contribution in [3.8, 4) is 0 Å². The Bertz CT molecular complexity index is 698. The highest BCUT2D eigenvalue weighted by molar-refractivity contribution is 5.90. The molecule has 1 amide bonds. The van der Waals surface area contributed by atoms with Gasteiger partial charge in [-0.05, 0) is 62.9 Å². The molecular formula is C19H28N4O. The quantitative estimate of drug-likeness (QED) is 0.935. The molecule has 0 unspecified atom stereocenters. The molecule has 0 bridgehead atoms. The topological polar surface area (TPSA) is 50.2 Å². The lowest BCUT2D eigenvalue weighted by molar-refractivity contribution is 0.242. The van der Waals surface area contributed by atoms with E-state index in [9.17, 15) is 4.79 Å². The van der Waals surface area contributed by atoms with Crippen molar-refractivity contribution in [3.05, 3.63) is 30.1 Å². The lowest BCUT2D eigenvalue weighted by Gasteiger charge is -2.29. The van der Waals surface area contributed by atoms with Crippen molar-refractivity contribution in [2.75, 3.05) is 26.7 Å². The third-order valence-electron chi connectivity index (χ3n) is 4.98. The number of nitrogens with zero attached hydrogens (tertiary/aromatic N) is 3. The molecule has 3 rings (SSSR count). The maximum atomic E-state index is 12.4. The molecule has 1 aliphatic rings. The molecule has 0 atom stereocenters. The summed E-state index contributed by atoms with van der Waals surface area (Å²) in [4.78, 5) is 19.4. The Morgan fingerprint density at radius 1 is 1.33 bits per heavy atom. The number of benzene rings is 1. The number of aromatic nitrogens is 2. The highest BCUT2D eigenvalue weighted by Gasteiger charge is 2.22. The fourth-order valence-corrected chi connectivity index (χ4v) is 3.43. The normalized spacial score (nSPS) is 16.8. The second-order valence-corrected chi connectivity index (χ2v) is 7.32. The number of amides is 1. The second kappa shape index (κ2) is 7.34. The van der Waals surface area contributed by atoms with E-state index in [1.165, 1.54) is 5.56 Å². The lowest BCUT2D eigenvalue weighted by Crippen LogP contribution is -2.29. The summed E-state index contributed by atoms with van der Waals surface area (Å²) in [6.07, 6.45) is 4.96. The van der Waals surface area contributed by atoms with Gasteiger partial charge < -0.3 is 10.2 Å². The Kier molecular flexibility index (Phi) is 5.19. The first kappa shape index (κ1) is 17.0. The molecule has 0 radical (unpaired) electrons. The van der Waals surface area contributed by atoms with Crippen LogP contribution in [0.15, 0.2) is 24.5 Å². The number of likely N-dealkylation sites (tertiary alicyclic amines) is 1. The second-order valence-electron chi connectivity index (χ2n) is 7.32. The van der Waals surface area contributed by atoms with Crippen molar-refractivity contribution in [1.82, 2.24) is 19.8 Å². The summed E-state index contributed by atoms with van der Waals surface area (Å²) in [7, 11) is 2.17. The van der Waals surface area contributed by atoms with Crippen molar-refractivity contribution in [2.24, 2.45) is 5.92 Å². The van der Waals surface area contributed by atoms with E-state index in [-0.39, 0.29) is 6.03 Å². The van der Waals surface area contributed by atoms with Crippen LogP contribution in [0.3, 0.4) is 0 Å². The van der Waals surface area contributed by atoms with Crippen LogP contribution in [0.1, 0.15) is 44.6 Å². The molecule has 0 saturated carbocycles. The van der Waals surface area contributed by atoms with Gasteiger partial charge in [0.1, 0.15) is 6.33 Å². The number of rotatable bonds is 4. The minimum absolute atomic E-state index is 0.0846. The van der Waals surface area contributed by atoms with E-state index in [4.69, 9.17) is 0 Å². The third kappa shape index (κ3) is 3.61. The van der Waals surface area contributed by atoms with Gasteiger partial charge in [0.15, 0.2) is 0 Å². The van der Waals surface area contributed by atoms with Crippen molar-refractivity contribution in [1.29, 1.82) is 0 Å². The van der Waals surface area contributed by atoms with E-state index in [1.54, 1.807) is 10.9 Å². The van der Waals surface area contributed by atoms with Gasteiger partial charge in [-0.3, -0.25) is 4.57 Å². The number of carbonyl (C=O) groups is 1. The zero-order valence-electron chi connectivity index (χ0n) is 15.0. The molecule has 24 heavy (non-hydrogen) atoms. The number of hydrogen-bond acceptors (Lipinski definition) is 3. The van der Waals surface area contributed by atoms with Crippen molar-refractivity contribution in [2.45, 2.75) is 39.0 Å². The van der Waals surface area contributed by atoms with E-state index in [1.807, 2.05) is 6.07 Å². The average molecular weight is 328 g/mol. The Morgan fingerprint density at radius 3 is 2.79 bits per heavy atom. The SMILES string of the molecule is CC(C)CCNC(=O)n1cnc2c(C3CCN(C)CC3)cccc21. The van der Waals surface area contributed by atoms with Gasteiger partial charge >= 0.3 is 6.03 Å².